The summed E-state index contributed by atoms with van der Waals surface area (Å²) < 4.78 is 16.6. The summed E-state index contributed by atoms with van der Waals surface area (Å²) in [6.45, 7) is 2.25. The molecule has 3 aromatic rings. The molecule has 0 N–H and O–H groups in total. The highest BCUT2D eigenvalue weighted by Crippen LogP contribution is 2.34. The highest BCUT2D eigenvalue weighted by atomic mass is 32.1. The minimum absolute atomic E-state index is 0.119. The Balaban J connectivity index is 1.33. The minimum Gasteiger partial charge on any atom is -0.497 e. The van der Waals surface area contributed by atoms with Gasteiger partial charge < -0.3 is 24.0 Å². The van der Waals surface area contributed by atoms with Gasteiger partial charge in [0.1, 0.15) is 16.5 Å². The first-order valence-corrected chi connectivity index (χ1v) is 12.0. The Labute approximate surface area is 201 Å². The van der Waals surface area contributed by atoms with E-state index in [2.05, 4.69) is 4.98 Å². The number of anilines is 1. The lowest BCUT2D eigenvalue weighted by molar-refractivity contribution is -0.142. The van der Waals surface area contributed by atoms with E-state index in [-0.39, 0.29) is 24.8 Å². The van der Waals surface area contributed by atoms with E-state index in [1.165, 1.54) is 11.3 Å². The number of rotatable bonds is 5. The molecular formula is C25H25N3O5S. The van der Waals surface area contributed by atoms with Crippen LogP contribution >= 0.6 is 11.3 Å². The van der Waals surface area contributed by atoms with E-state index in [1.807, 2.05) is 47.8 Å². The van der Waals surface area contributed by atoms with Crippen LogP contribution in [0.4, 0.5) is 5.69 Å². The van der Waals surface area contributed by atoms with E-state index < -0.39 is 6.10 Å². The van der Waals surface area contributed by atoms with Crippen molar-refractivity contribution in [3.05, 3.63) is 59.6 Å². The second-order valence-electron chi connectivity index (χ2n) is 8.07. The fourth-order valence-corrected chi connectivity index (χ4v) is 4.92. The molecule has 0 unspecified atom stereocenters. The molecule has 34 heavy (non-hydrogen) atoms. The Hall–Kier alpha value is -3.43. The Morgan fingerprint density at radius 3 is 2.65 bits per heavy atom. The lowest BCUT2D eigenvalue weighted by Gasteiger charge is -2.37. The summed E-state index contributed by atoms with van der Waals surface area (Å²) in [6.07, 6.45) is -0.610. The van der Waals surface area contributed by atoms with Gasteiger partial charge in [0.15, 0.2) is 6.10 Å². The summed E-state index contributed by atoms with van der Waals surface area (Å²) in [5.74, 6) is 1.07. The number of carbonyl (C=O) groups excluding carboxylic acids is 2. The molecule has 0 aliphatic carbocycles. The predicted octanol–water partition coefficient (Wildman–Crippen LogP) is 3.01. The first kappa shape index (κ1) is 22.4. The van der Waals surface area contributed by atoms with Gasteiger partial charge in [0.05, 0.1) is 44.7 Å². The van der Waals surface area contributed by atoms with Crippen LogP contribution in [0.2, 0.25) is 0 Å². The van der Waals surface area contributed by atoms with Gasteiger partial charge in [-0.05, 0) is 36.4 Å². The Morgan fingerprint density at radius 2 is 1.88 bits per heavy atom. The summed E-state index contributed by atoms with van der Waals surface area (Å²) in [5.41, 5.74) is 2.34. The number of benzene rings is 2. The number of methoxy groups -OCH3 is 1. The van der Waals surface area contributed by atoms with Crippen LogP contribution in [0.5, 0.6) is 11.5 Å². The van der Waals surface area contributed by atoms with E-state index in [0.717, 1.165) is 16.3 Å². The topological polar surface area (TPSA) is 81.2 Å². The van der Waals surface area contributed by atoms with E-state index in [4.69, 9.17) is 14.2 Å². The fraction of sp³-hybridized carbons (Fsp3) is 0.320. The van der Waals surface area contributed by atoms with Crippen molar-refractivity contribution in [2.24, 2.45) is 0 Å². The Bertz CT molecular complexity index is 1170. The number of aromatic nitrogens is 1. The average molecular weight is 480 g/mol. The third-order valence-corrected chi connectivity index (χ3v) is 6.83. The number of thiazole rings is 1. The first-order valence-electron chi connectivity index (χ1n) is 11.1. The number of nitrogens with zero attached hydrogens (tertiary/aromatic N) is 3. The SMILES string of the molecule is COc1ccc(-c2nc(CC(=O)N3C[C@@H](C(=O)N4CCOCC4)Oc4ccccc43)cs2)cc1. The van der Waals surface area contributed by atoms with Crippen molar-refractivity contribution < 1.29 is 23.8 Å². The molecule has 5 rings (SSSR count). The predicted molar refractivity (Wildman–Crippen MR) is 128 cm³/mol. The third-order valence-electron chi connectivity index (χ3n) is 5.89. The van der Waals surface area contributed by atoms with Crippen molar-refractivity contribution in [3.63, 3.8) is 0 Å². The summed E-state index contributed by atoms with van der Waals surface area (Å²) in [5, 5.41) is 2.74. The third kappa shape index (κ3) is 4.62. The van der Waals surface area contributed by atoms with Crippen LogP contribution in [-0.2, 0) is 20.7 Å². The second kappa shape index (κ2) is 9.82. The van der Waals surface area contributed by atoms with Crippen molar-refractivity contribution >= 4 is 28.8 Å². The Morgan fingerprint density at radius 1 is 1.12 bits per heavy atom. The van der Waals surface area contributed by atoms with Gasteiger partial charge in [-0.1, -0.05) is 12.1 Å². The van der Waals surface area contributed by atoms with E-state index >= 15 is 0 Å². The molecule has 8 nitrogen and oxygen atoms in total. The first-order chi connectivity index (χ1) is 16.6. The summed E-state index contributed by atoms with van der Waals surface area (Å²) in [4.78, 5) is 34.5. The number of hydrogen-bond donors (Lipinski definition) is 0. The number of fused-ring (bicyclic) bond motifs is 1. The molecule has 176 valence electrons. The maximum absolute atomic E-state index is 13.4. The molecule has 1 aromatic heterocycles. The van der Waals surface area contributed by atoms with Gasteiger partial charge in [0.2, 0.25) is 5.91 Å². The van der Waals surface area contributed by atoms with Crippen molar-refractivity contribution in [2.75, 3.05) is 44.9 Å². The molecule has 1 saturated heterocycles. The van der Waals surface area contributed by atoms with Crippen molar-refractivity contribution in [3.8, 4) is 22.1 Å². The largest absolute Gasteiger partial charge is 0.497 e. The zero-order valence-corrected chi connectivity index (χ0v) is 19.6. The maximum atomic E-state index is 13.4. The van der Waals surface area contributed by atoms with Gasteiger partial charge in [-0.25, -0.2) is 4.98 Å². The molecule has 0 spiro atoms. The molecule has 3 heterocycles. The molecule has 2 amide bonds. The second-order valence-corrected chi connectivity index (χ2v) is 8.92. The average Bonchev–Trinajstić information content (AvgIpc) is 3.36. The zero-order valence-electron chi connectivity index (χ0n) is 18.8. The van der Waals surface area contributed by atoms with Gasteiger partial charge in [-0.2, -0.15) is 0 Å². The number of hydrogen-bond acceptors (Lipinski definition) is 7. The number of ether oxygens (including phenoxy) is 3. The molecule has 9 heteroatoms. The lowest BCUT2D eigenvalue weighted by atomic mass is 10.1. The highest BCUT2D eigenvalue weighted by molar-refractivity contribution is 7.13. The van der Waals surface area contributed by atoms with E-state index in [0.29, 0.717) is 43.4 Å². The van der Waals surface area contributed by atoms with Crippen LogP contribution in [-0.4, -0.2) is 67.8 Å². The van der Waals surface area contributed by atoms with Crippen LogP contribution in [0.3, 0.4) is 0 Å². The van der Waals surface area contributed by atoms with Crippen LogP contribution in [0.1, 0.15) is 5.69 Å². The molecular weight excluding hydrogens is 454 g/mol. The molecule has 2 aromatic carbocycles. The molecule has 1 atom stereocenters. The van der Waals surface area contributed by atoms with Crippen LogP contribution < -0.4 is 14.4 Å². The van der Waals surface area contributed by atoms with Crippen LogP contribution in [0.15, 0.2) is 53.9 Å². The number of para-hydroxylation sites is 2. The molecule has 2 aliphatic rings. The standard InChI is InChI=1S/C25H25N3O5S/c1-31-19-8-6-17(7-9-19)24-26-18(16-34-24)14-23(29)28-15-22(25(30)27-10-12-32-13-11-27)33-21-5-3-2-4-20(21)28/h2-9,16,22H,10-15H2,1H3/t22-/m0/s1. The smallest absolute Gasteiger partial charge is 0.265 e. The van der Waals surface area contributed by atoms with Gasteiger partial charge in [-0.15, -0.1) is 11.3 Å². The molecule has 0 saturated carbocycles. The number of carbonyl (C=O) groups is 2. The lowest BCUT2D eigenvalue weighted by Crippen LogP contribution is -2.54. The maximum Gasteiger partial charge on any atom is 0.265 e. The normalized spacial score (nSPS) is 17.6. The summed E-state index contributed by atoms with van der Waals surface area (Å²) in [7, 11) is 1.63. The quantitative estimate of drug-likeness (QED) is 0.560. The number of amides is 2. The summed E-state index contributed by atoms with van der Waals surface area (Å²) >= 11 is 1.49. The van der Waals surface area contributed by atoms with E-state index in [1.54, 1.807) is 23.0 Å². The van der Waals surface area contributed by atoms with Crippen LogP contribution in [0.25, 0.3) is 10.6 Å². The zero-order chi connectivity index (χ0) is 23.5. The minimum atomic E-state index is -0.748. The van der Waals surface area contributed by atoms with Crippen molar-refractivity contribution in [1.82, 2.24) is 9.88 Å². The molecule has 0 radical (unpaired) electrons. The van der Waals surface area contributed by atoms with Crippen molar-refractivity contribution in [2.45, 2.75) is 12.5 Å². The Kier molecular flexibility index (Phi) is 6.46. The van der Waals surface area contributed by atoms with E-state index in [9.17, 15) is 9.59 Å². The number of morpholine rings is 1. The monoisotopic (exact) mass is 479 g/mol. The highest BCUT2D eigenvalue weighted by Gasteiger charge is 2.36. The summed E-state index contributed by atoms with van der Waals surface area (Å²) in [6, 6.07) is 15.0. The van der Waals surface area contributed by atoms with Gasteiger partial charge in [0.25, 0.3) is 5.91 Å². The molecule has 1 fully saturated rings. The molecule has 0 bridgehead atoms. The van der Waals surface area contributed by atoms with Gasteiger partial charge >= 0.3 is 0 Å². The van der Waals surface area contributed by atoms with Crippen LogP contribution in [0, 0.1) is 0 Å². The van der Waals surface area contributed by atoms with Gasteiger partial charge in [-0.3, -0.25) is 9.59 Å². The van der Waals surface area contributed by atoms with Gasteiger partial charge in [0, 0.05) is 24.0 Å². The fourth-order valence-electron chi connectivity index (χ4n) is 4.09. The molecule has 2 aliphatic heterocycles. The van der Waals surface area contributed by atoms with Crippen molar-refractivity contribution in [1.29, 1.82) is 0 Å².